The molecular weight excluding hydrogens is 625 g/mol. The number of hydrogen-bond donors (Lipinski definition) is 2. The van der Waals surface area contributed by atoms with Crippen LogP contribution >= 0.6 is 0 Å². The van der Waals surface area contributed by atoms with Crippen molar-refractivity contribution in [2.45, 2.75) is 124 Å². The molecule has 2 unspecified atom stereocenters. The first kappa shape index (κ1) is 36.2. The van der Waals surface area contributed by atoms with E-state index in [1.54, 1.807) is 0 Å². The molecule has 7 heteroatoms. The maximum Gasteiger partial charge on any atom is 0.319 e. The SMILES string of the molecule is C=C(C)[C@@H]1CC[C@]2(NCCN3CCN(C)C3=O)CC[C@]3(C)[C@H](CC[C@@H]4C5(C)CC=C(C6=CCC(CF)(C(=O)O)CC6)C(C)(C)[C@@H]5CC[C@]43C)[C@@H]12. The minimum Gasteiger partial charge on any atom is -0.481 e. The van der Waals surface area contributed by atoms with Gasteiger partial charge in [0, 0.05) is 38.8 Å². The van der Waals surface area contributed by atoms with Crippen LogP contribution in [0.15, 0.2) is 35.5 Å². The third-order valence-electron chi connectivity index (χ3n) is 17.5. The molecule has 0 aromatic carbocycles. The molecule has 7 aliphatic rings. The lowest BCUT2D eigenvalue weighted by Crippen LogP contribution is -2.68. The maximum absolute atomic E-state index is 14.0. The number of aliphatic carboxylic acids is 1. The van der Waals surface area contributed by atoms with Gasteiger partial charge in [0.25, 0.3) is 0 Å². The Bertz CT molecular complexity index is 1490. The Balaban J connectivity index is 1.15. The Labute approximate surface area is 301 Å². The quantitative estimate of drug-likeness (QED) is 0.249. The summed E-state index contributed by atoms with van der Waals surface area (Å²) in [6.07, 6.45) is 17.0. The molecule has 278 valence electrons. The highest BCUT2D eigenvalue weighted by Crippen LogP contribution is 2.76. The zero-order valence-corrected chi connectivity index (χ0v) is 32.3. The molecule has 6 nitrogen and oxygen atoms in total. The van der Waals surface area contributed by atoms with Gasteiger partial charge in [-0.3, -0.25) is 4.79 Å². The lowest BCUT2D eigenvalue weighted by molar-refractivity contribution is -0.221. The predicted molar refractivity (Wildman–Crippen MR) is 198 cm³/mol. The molecule has 1 saturated heterocycles. The Hall–Kier alpha value is -2.15. The van der Waals surface area contributed by atoms with E-state index in [4.69, 9.17) is 0 Å². The lowest BCUT2D eigenvalue weighted by atomic mass is 9.33. The number of rotatable bonds is 8. The number of likely N-dealkylation sites (N-methyl/N-ethyl adjacent to an activating group) is 1. The molecule has 0 radical (unpaired) electrons. The van der Waals surface area contributed by atoms with Gasteiger partial charge in [-0.15, -0.1) is 0 Å². The van der Waals surface area contributed by atoms with Crippen molar-refractivity contribution < 1.29 is 19.1 Å². The molecule has 50 heavy (non-hydrogen) atoms. The van der Waals surface area contributed by atoms with Gasteiger partial charge in [0.2, 0.25) is 0 Å². The second-order valence-electron chi connectivity index (χ2n) is 19.7. The van der Waals surface area contributed by atoms with Crippen molar-refractivity contribution >= 4 is 12.0 Å². The number of alkyl halides is 1. The van der Waals surface area contributed by atoms with E-state index in [-0.39, 0.29) is 33.2 Å². The largest absolute Gasteiger partial charge is 0.481 e. The van der Waals surface area contributed by atoms with E-state index >= 15 is 0 Å². The van der Waals surface area contributed by atoms with E-state index in [1.807, 2.05) is 16.8 Å². The molecule has 7 rings (SSSR count). The van der Waals surface area contributed by atoms with Gasteiger partial charge >= 0.3 is 12.0 Å². The van der Waals surface area contributed by atoms with Crippen LogP contribution in [0.3, 0.4) is 0 Å². The molecule has 1 heterocycles. The standard InChI is InChI=1S/C43H66FN3O3/c1-28(2)30-13-20-43(45-23-24-47-26-25-46(8)37(47)50)22-21-40(6)32(35(30)43)9-10-34-39(5)16-14-31(38(3,4)33(39)15-17-41(34,40)7)29-11-18-42(27-44,19-12-29)36(48)49/h11,14,30,32-35,45H,1,9-10,12-13,15-27H2,2-8H3,(H,48,49)/t30-,32+,33-,34+,35+,39?,40+,41+,42?,43-/m0/s1. The Morgan fingerprint density at radius 1 is 0.960 bits per heavy atom. The molecule has 2 amide bonds. The summed E-state index contributed by atoms with van der Waals surface area (Å²) in [7, 11) is 1.91. The van der Waals surface area contributed by atoms with Crippen molar-refractivity contribution in [3.05, 3.63) is 35.5 Å². The van der Waals surface area contributed by atoms with Crippen LogP contribution in [0.4, 0.5) is 9.18 Å². The lowest BCUT2D eigenvalue weighted by Gasteiger charge is -2.72. The van der Waals surface area contributed by atoms with Crippen LogP contribution in [0, 0.1) is 56.7 Å². The third-order valence-corrected chi connectivity index (χ3v) is 17.5. The van der Waals surface area contributed by atoms with Crippen molar-refractivity contribution in [2.24, 2.45) is 56.7 Å². The summed E-state index contributed by atoms with van der Waals surface area (Å²) in [5, 5.41) is 14.0. The first-order valence-corrected chi connectivity index (χ1v) is 20.1. The summed E-state index contributed by atoms with van der Waals surface area (Å²) in [5.74, 6) is 2.03. The second kappa shape index (κ2) is 12.2. The van der Waals surface area contributed by atoms with Crippen LogP contribution in [-0.2, 0) is 4.79 Å². The van der Waals surface area contributed by atoms with Crippen LogP contribution in [-0.4, -0.2) is 72.3 Å². The molecule has 0 aromatic heterocycles. The summed E-state index contributed by atoms with van der Waals surface area (Å²) in [5.41, 5.74) is 3.64. The van der Waals surface area contributed by atoms with Crippen molar-refractivity contribution in [1.82, 2.24) is 15.1 Å². The van der Waals surface area contributed by atoms with Gasteiger partial charge in [-0.1, -0.05) is 58.9 Å². The first-order valence-electron chi connectivity index (χ1n) is 20.1. The number of nitrogens with one attached hydrogen (secondary N) is 1. The highest BCUT2D eigenvalue weighted by Gasteiger charge is 2.70. The Kier molecular flexibility index (Phi) is 8.84. The highest BCUT2D eigenvalue weighted by atomic mass is 19.1. The van der Waals surface area contributed by atoms with Crippen LogP contribution in [0.2, 0.25) is 0 Å². The van der Waals surface area contributed by atoms with Gasteiger partial charge in [-0.05, 0) is 146 Å². The number of carbonyl (C=O) groups is 2. The monoisotopic (exact) mass is 692 g/mol. The second-order valence-corrected chi connectivity index (χ2v) is 19.7. The number of carboxylic acids is 1. The fourth-order valence-corrected chi connectivity index (χ4v) is 14.5. The number of allylic oxidation sites excluding steroid dienone is 5. The van der Waals surface area contributed by atoms with E-state index in [1.165, 1.54) is 68.1 Å². The molecule has 0 aromatic rings. The number of halogens is 1. The Morgan fingerprint density at radius 2 is 1.72 bits per heavy atom. The summed E-state index contributed by atoms with van der Waals surface area (Å²) >= 11 is 0. The molecule has 0 spiro atoms. The summed E-state index contributed by atoms with van der Waals surface area (Å²) in [6.45, 7) is 22.3. The molecule has 5 fully saturated rings. The van der Waals surface area contributed by atoms with Gasteiger partial charge in [0.1, 0.15) is 6.67 Å². The number of hydrogen-bond acceptors (Lipinski definition) is 3. The summed E-state index contributed by atoms with van der Waals surface area (Å²) in [4.78, 5) is 28.5. The molecule has 2 N–H and O–H groups in total. The zero-order chi connectivity index (χ0) is 36.1. The number of fused-ring (bicyclic) bond motifs is 7. The van der Waals surface area contributed by atoms with Crippen molar-refractivity contribution in [3.63, 3.8) is 0 Å². The molecule has 6 aliphatic carbocycles. The maximum atomic E-state index is 14.0. The number of urea groups is 1. The van der Waals surface area contributed by atoms with Crippen LogP contribution in [0.5, 0.6) is 0 Å². The van der Waals surface area contributed by atoms with Gasteiger partial charge in [-0.25, -0.2) is 9.18 Å². The van der Waals surface area contributed by atoms with Gasteiger partial charge < -0.3 is 20.2 Å². The molecule has 10 atom stereocenters. The topological polar surface area (TPSA) is 72.9 Å². The highest BCUT2D eigenvalue weighted by molar-refractivity contribution is 5.76. The zero-order valence-electron chi connectivity index (χ0n) is 32.3. The predicted octanol–water partition coefficient (Wildman–Crippen LogP) is 9.04. The van der Waals surface area contributed by atoms with Gasteiger partial charge in [0.05, 0.1) is 5.41 Å². The van der Waals surface area contributed by atoms with Crippen LogP contribution in [0.1, 0.15) is 119 Å². The number of carbonyl (C=O) groups excluding carboxylic acids is 1. The normalized spacial score (nSPS) is 45.2. The average Bonchev–Trinajstić information content (AvgIpc) is 3.61. The summed E-state index contributed by atoms with van der Waals surface area (Å²) in [6, 6.07) is 0.166. The molecule has 0 bridgehead atoms. The number of carboxylic acid groups (broad SMARTS) is 1. The van der Waals surface area contributed by atoms with Crippen molar-refractivity contribution in [2.75, 3.05) is 39.9 Å². The van der Waals surface area contributed by atoms with Crippen LogP contribution in [0.25, 0.3) is 0 Å². The van der Waals surface area contributed by atoms with E-state index in [0.29, 0.717) is 48.9 Å². The minimum atomic E-state index is -1.25. The molecule has 1 aliphatic heterocycles. The smallest absolute Gasteiger partial charge is 0.319 e. The molecule has 4 saturated carbocycles. The Morgan fingerprint density at radius 3 is 2.34 bits per heavy atom. The van der Waals surface area contributed by atoms with Gasteiger partial charge in [-0.2, -0.15) is 0 Å². The van der Waals surface area contributed by atoms with Crippen molar-refractivity contribution in [1.29, 1.82) is 0 Å². The van der Waals surface area contributed by atoms with Crippen molar-refractivity contribution in [3.8, 4) is 0 Å². The van der Waals surface area contributed by atoms with E-state index in [0.717, 1.165) is 32.6 Å². The fraction of sp³-hybridized carbons (Fsp3) is 0.814. The van der Waals surface area contributed by atoms with E-state index in [2.05, 4.69) is 65.6 Å². The molecular formula is C43H66FN3O3. The first-order chi connectivity index (χ1) is 23.5. The summed E-state index contributed by atoms with van der Waals surface area (Å²) < 4.78 is 14.0. The minimum absolute atomic E-state index is 0.00940. The number of amides is 2. The van der Waals surface area contributed by atoms with Crippen LogP contribution < -0.4 is 5.32 Å². The van der Waals surface area contributed by atoms with E-state index in [9.17, 15) is 19.1 Å². The number of nitrogens with zero attached hydrogens (tertiary/aromatic N) is 2. The fourth-order valence-electron chi connectivity index (χ4n) is 14.5. The third kappa shape index (κ3) is 5.00. The van der Waals surface area contributed by atoms with E-state index < -0.39 is 18.1 Å². The average molecular weight is 692 g/mol. The van der Waals surface area contributed by atoms with Gasteiger partial charge in [0.15, 0.2) is 0 Å².